The smallest absolute Gasteiger partial charge is 0.430 e. The second kappa shape index (κ2) is 15.8. The molecule has 1 aromatic heterocycles. The van der Waals surface area contributed by atoms with Gasteiger partial charge in [-0.2, -0.15) is 23.7 Å². The average molecular weight is 633 g/mol. The Balaban J connectivity index is 1.80. The van der Waals surface area contributed by atoms with E-state index in [0.29, 0.717) is 0 Å². The van der Waals surface area contributed by atoms with Crippen LogP contribution in [-0.4, -0.2) is 32.0 Å². The van der Waals surface area contributed by atoms with Crippen LogP contribution in [0.3, 0.4) is 0 Å². The van der Waals surface area contributed by atoms with Gasteiger partial charge in [0.1, 0.15) is 17.9 Å². The first-order valence-corrected chi connectivity index (χ1v) is 15.4. The van der Waals surface area contributed by atoms with Gasteiger partial charge in [-0.25, -0.2) is 4.85 Å². The van der Waals surface area contributed by atoms with Crippen molar-refractivity contribution in [2.75, 3.05) is 25.1 Å². The molecule has 3 rings (SSSR count). The van der Waals surface area contributed by atoms with Crippen LogP contribution in [0.15, 0.2) is 71.2 Å². The van der Waals surface area contributed by atoms with Gasteiger partial charge >= 0.3 is 6.18 Å². The van der Waals surface area contributed by atoms with E-state index in [1.54, 1.807) is 19.3 Å². The van der Waals surface area contributed by atoms with Gasteiger partial charge in [0.2, 0.25) is 11.3 Å². The largest absolute Gasteiger partial charge is 0.496 e. The lowest BCUT2D eigenvalue weighted by Gasteiger charge is -2.29. The van der Waals surface area contributed by atoms with Crippen LogP contribution < -0.4 is 9.64 Å². The molecule has 2 aromatic rings. The van der Waals surface area contributed by atoms with E-state index in [1.807, 2.05) is 24.3 Å². The maximum atomic E-state index is 14.0. The van der Waals surface area contributed by atoms with E-state index in [9.17, 15) is 13.2 Å². The van der Waals surface area contributed by atoms with Crippen LogP contribution in [-0.2, 0) is 4.74 Å². The summed E-state index contributed by atoms with van der Waals surface area (Å²) in [7, 11) is 1.66. The van der Waals surface area contributed by atoms with Gasteiger partial charge in [0.25, 0.3) is 0 Å². The third-order valence-electron chi connectivity index (χ3n) is 7.25. The summed E-state index contributed by atoms with van der Waals surface area (Å²) < 4.78 is 52.7. The molecule has 1 aromatic carbocycles. The van der Waals surface area contributed by atoms with Crippen molar-refractivity contribution in [3.8, 4) is 17.9 Å². The van der Waals surface area contributed by atoms with Crippen LogP contribution in [0.2, 0.25) is 0 Å². The van der Waals surface area contributed by atoms with Crippen molar-refractivity contribution in [3.63, 3.8) is 0 Å². The predicted octanol–water partition coefficient (Wildman–Crippen LogP) is 9.73. The van der Waals surface area contributed by atoms with Gasteiger partial charge in [-0.3, -0.25) is 0 Å². The van der Waals surface area contributed by atoms with Crippen LogP contribution in [0.5, 0.6) is 5.75 Å². The molecule has 0 N–H and O–H groups in total. The number of halogens is 3. The third-order valence-corrected chi connectivity index (χ3v) is 8.26. The maximum Gasteiger partial charge on any atom is 0.430 e. The molecule has 2 heterocycles. The Morgan fingerprint density at radius 3 is 2.20 bits per heavy atom. The van der Waals surface area contributed by atoms with E-state index in [-0.39, 0.29) is 0 Å². The molecule has 1 aliphatic heterocycles. The Morgan fingerprint density at radius 2 is 1.64 bits per heavy atom. The fourth-order valence-electron chi connectivity index (χ4n) is 4.63. The number of hydrogen-bond acceptors (Lipinski definition) is 6. The maximum absolute atomic E-state index is 14.0. The molecular formula is C35H35F3N4O2S. The summed E-state index contributed by atoms with van der Waals surface area (Å²) in [5, 5.41) is 18.3. The highest BCUT2D eigenvalue weighted by molar-refractivity contribution is 7.13. The van der Waals surface area contributed by atoms with Crippen LogP contribution in [0.1, 0.15) is 61.8 Å². The van der Waals surface area contributed by atoms with Gasteiger partial charge in [0.05, 0.1) is 13.7 Å². The highest BCUT2D eigenvalue weighted by Gasteiger charge is 2.60. The lowest BCUT2D eigenvalue weighted by molar-refractivity contribution is -0.236. The molecule has 1 atom stereocenters. The summed E-state index contributed by atoms with van der Waals surface area (Å²) in [5.41, 5.74) is -2.47. The third kappa shape index (κ3) is 8.26. The first-order valence-electron chi connectivity index (χ1n) is 14.5. The minimum Gasteiger partial charge on any atom is -0.496 e. The molecule has 0 aliphatic carbocycles. The zero-order valence-corrected chi connectivity index (χ0v) is 26.6. The van der Waals surface area contributed by atoms with Gasteiger partial charge in [-0.05, 0) is 62.3 Å². The number of alkyl halides is 3. The number of rotatable bonds is 13. The summed E-state index contributed by atoms with van der Waals surface area (Å²) >= 11 is 1.49. The topological polar surface area (TPSA) is 73.6 Å². The summed E-state index contributed by atoms with van der Waals surface area (Å²) in [6.45, 7) is 14.6. The lowest BCUT2D eigenvalue weighted by atomic mass is 9.94. The van der Waals surface area contributed by atoms with Crippen molar-refractivity contribution >= 4 is 35.3 Å². The number of benzene rings is 1. The molecule has 0 saturated carbocycles. The molecule has 1 aliphatic rings. The van der Waals surface area contributed by atoms with Crippen molar-refractivity contribution in [1.29, 1.82) is 10.5 Å². The van der Waals surface area contributed by atoms with E-state index in [4.69, 9.17) is 26.6 Å². The molecule has 0 radical (unpaired) electrons. The minimum atomic E-state index is -4.90. The number of thiophene rings is 1. The van der Waals surface area contributed by atoms with Gasteiger partial charge in [-0.1, -0.05) is 44.9 Å². The van der Waals surface area contributed by atoms with E-state index < -0.39 is 34.4 Å². The molecule has 6 nitrogen and oxygen atoms in total. The summed E-state index contributed by atoms with van der Waals surface area (Å²) in [6, 6.07) is 13.1. The average Bonchev–Trinajstić information content (AvgIpc) is 3.60. The SMILES string of the molecule is [C-]#[N+]C1=C(/C=C/C=C/c2ccc(/C=C/c3ccc(N(CCCC)CCCC)cc3OC)s2)C(C)(C(F)(F)F)OC1=C(C#N)C#N. The number of nitrogens with zero attached hydrogens (tertiary/aromatic N) is 4. The zero-order valence-electron chi connectivity index (χ0n) is 25.7. The lowest BCUT2D eigenvalue weighted by Crippen LogP contribution is -2.43. The number of hydrogen-bond donors (Lipinski definition) is 0. The predicted molar refractivity (Wildman–Crippen MR) is 174 cm³/mol. The van der Waals surface area contributed by atoms with Crippen molar-refractivity contribution in [1.82, 2.24) is 0 Å². The Bertz CT molecular complexity index is 1620. The Labute approximate surface area is 267 Å². The number of unbranched alkanes of at least 4 members (excludes halogenated alkanes) is 2. The van der Waals surface area contributed by atoms with Crippen LogP contribution >= 0.6 is 11.3 Å². The molecule has 10 heteroatoms. The Hall–Kier alpha value is -4.72. The molecule has 0 amide bonds. The van der Waals surface area contributed by atoms with Gasteiger partial charge in [-0.15, -0.1) is 11.3 Å². The summed E-state index contributed by atoms with van der Waals surface area (Å²) in [4.78, 5) is 7.40. The summed E-state index contributed by atoms with van der Waals surface area (Å²) in [5.74, 6) is 0.123. The number of ether oxygens (including phenoxy) is 2. The standard InChI is InChI=1S/C35H35F3N4O2S/c1-6-8-20-42(21-9-7-2)27-16-14-25(31(22-27)43-5)15-17-29-19-18-28(45-29)12-10-11-13-30-32(41-4)33(26(23-39)24-40)44-34(30,3)35(36,37)38/h10-19,22H,6-9,20-21H2,1-3,5H3/b12-10+,13-11+,17-15+. The number of nitriles is 2. The molecule has 0 bridgehead atoms. The molecule has 45 heavy (non-hydrogen) atoms. The van der Waals surface area contributed by atoms with Crippen molar-refractivity contribution in [2.45, 2.75) is 58.2 Å². The monoisotopic (exact) mass is 632 g/mol. The van der Waals surface area contributed by atoms with Crippen molar-refractivity contribution in [2.24, 2.45) is 0 Å². The van der Waals surface area contributed by atoms with E-state index >= 15 is 0 Å². The number of allylic oxidation sites excluding steroid dienone is 3. The molecule has 0 fully saturated rings. The molecule has 0 spiro atoms. The van der Waals surface area contributed by atoms with Crippen molar-refractivity contribution < 1.29 is 22.6 Å². The van der Waals surface area contributed by atoms with Crippen LogP contribution in [0.25, 0.3) is 23.1 Å². The quantitative estimate of drug-likeness (QED) is 0.125. The fraction of sp³-hybridized carbons (Fsp3) is 0.343. The van der Waals surface area contributed by atoms with Gasteiger partial charge in [0, 0.05) is 45.7 Å². The van der Waals surface area contributed by atoms with Gasteiger partial charge < -0.3 is 14.4 Å². The van der Waals surface area contributed by atoms with E-state index in [0.717, 1.165) is 78.5 Å². The second-order valence-electron chi connectivity index (χ2n) is 10.3. The fourth-order valence-corrected chi connectivity index (χ4v) is 5.46. The highest BCUT2D eigenvalue weighted by atomic mass is 32.1. The first-order chi connectivity index (χ1) is 21.6. The summed E-state index contributed by atoms with van der Waals surface area (Å²) in [6.07, 6.45) is 9.40. The molecule has 1 unspecified atom stereocenters. The zero-order chi connectivity index (χ0) is 33.0. The second-order valence-corrected chi connectivity index (χ2v) is 11.5. The normalized spacial score (nSPS) is 16.7. The Kier molecular flexibility index (Phi) is 12.2. The van der Waals surface area contributed by atoms with E-state index in [2.05, 4.69) is 41.8 Å². The minimum absolute atomic E-state index is 0.471. The first kappa shape index (κ1) is 34.8. The Morgan fingerprint density at radius 1 is 1.02 bits per heavy atom. The number of methoxy groups -OCH3 is 1. The highest BCUT2D eigenvalue weighted by Crippen LogP contribution is 2.49. The molecule has 0 saturated heterocycles. The molecule has 234 valence electrons. The van der Waals surface area contributed by atoms with Crippen molar-refractivity contribution in [3.05, 3.63) is 97.9 Å². The molecular weight excluding hydrogens is 597 g/mol. The van der Waals surface area contributed by atoms with Gasteiger partial charge in [0.15, 0.2) is 11.3 Å². The van der Waals surface area contributed by atoms with Crippen LogP contribution in [0, 0.1) is 29.2 Å². The number of anilines is 1. The van der Waals surface area contributed by atoms with E-state index in [1.165, 1.54) is 29.6 Å². The van der Waals surface area contributed by atoms with Crippen LogP contribution in [0.4, 0.5) is 18.9 Å².